The number of hydrazine groups is 2. The molecule has 0 fully saturated rings. The summed E-state index contributed by atoms with van der Waals surface area (Å²) in [5.74, 6) is 5.03. The lowest BCUT2D eigenvalue weighted by Crippen LogP contribution is -2.34. The summed E-state index contributed by atoms with van der Waals surface area (Å²) in [5.41, 5.74) is 8.05. The van der Waals surface area contributed by atoms with E-state index in [0.29, 0.717) is 0 Å². The molecule has 0 saturated heterocycles. The monoisotopic (exact) mass is 192 g/mol. The van der Waals surface area contributed by atoms with Crippen molar-refractivity contribution in [3.8, 4) is 0 Å². The minimum atomic E-state index is 0.894. The van der Waals surface area contributed by atoms with E-state index in [9.17, 15) is 0 Å². The second-order valence-electron chi connectivity index (χ2n) is 3.00. The maximum atomic E-state index is 5.03. The minimum absolute atomic E-state index is 0.894. The van der Waals surface area contributed by atoms with Crippen LogP contribution in [0.1, 0.15) is 25.0 Å². The van der Waals surface area contributed by atoms with Crippen LogP contribution >= 0.6 is 0 Å². The quantitative estimate of drug-likeness (QED) is 0.378. The molecule has 1 aromatic carbocycles. The van der Waals surface area contributed by atoms with Gasteiger partial charge in [0.1, 0.15) is 0 Å². The highest BCUT2D eigenvalue weighted by Crippen LogP contribution is 2.05. The molecule has 0 aromatic heterocycles. The Morgan fingerprint density at radius 2 is 2.00 bits per heavy atom. The standard InChI is InChI=1S/C10H16N4/c1-3-9-4-6-10(7-5-9)8(2)12-14-13-11/h4-7,13-14H,3,11H2,1-2H3/b12-8+. The summed E-state index contributed by atoms with van der Waals surface area (Å²) in [4.78, 5) is 0. The predicted molar refractivity (Wildman–Crippen MR) is 58.5 cm³/mol. The molecule has 0 saturated carbocycles. The molecule has 0 heterocycles. The molecular weight excluding hydrogens is 176 g/mol. The topological polar surface area (TPSA) is 62.4 Å². The number of nitrogens with one attached hydrogen (secondary N) is 2. The lowest BCUT2D eigenvalue weighted by atomic mass is 10.1. The molecule has 1 aromatic rings. The highest BCUT2D eigenvalue weighted by Gasteiger charge is 1.96. The number of benzene rings is 1. The van der Waals surface area contributed by atoms with Crippen molar-refractivity contribution in [3.05, 3.63) is 35.4 Å². The third-order valence-electron chi connectivity index (χ3n) is 2.07. The third-order valence-corrected chi connectivity index (χ3v) is 2.07. The molecule has 4 heteroatoms. The molecule has 14 heavy (non-hydrogen) atoms. The van der Waals surface area contributed by atoms with Crippen LogP contribution in [-0.4, -0.2) is 5.71 Å². The van der Waals surface area contributed by atoms with E-state index in [1.165, 1.54) is 5.56 Å². The Labute approximate surface area is 84.1 Å². The van der Waals surface area contributed by atoms with Crippen molar-refractivity contribution < 1.29 is 0 Å². The minimum Gasteiger partial charge on any atom is -0.252 e. The average molecular weight is 192 g/mol. The first kappa shape index (κ1) is 10.7. The van der Waals surface area contributed by atoms with Crippen molar-refractivity contribution in [1.82, 2.24) is 11.1 Å². The molecule has 0 radical (unpaired) electrons. The highest BCUT2D eigenvalue weighted by atomic mass is 15.7. The molecule has 0 bridgehead atoms. The van der Waals surface area contributed by atoms with Crippen LogP contribution in [-0.2, 0) is 6.42 Å². The first-order valence-electron chi connectivity index (χ1n) is 4.62. The Balaban J connectivity index is 2.76. The molecule has 4 N–H and O–H groups in total. The zero-order valence-electron chi connectivity index (χ0n) is 8.54. The fourth-order valence-electron chi connectivity index (χ4n) is 1.16. The Bertz CT molecular complexity index is 302. The van der Waals surface area contributed by atoms with Gasteiger partial charge < -0.3 is 0 Å². The molecule has 0 spiro atoms. The van der Waals surface area contributed by atoms with Gasteiger partial charge in [0, 0.05) is 0 Å². The SMILES string of the molecule is CCc1ccc(/C(C)=N/NNN)cc1. The average Bonchev–Trinajstić information content (AvgIpc) is 2.26. The van der Waals surface area contributed by atoms with Crippen molar-refractivity contribution in [2.24, 2.45) is 10.9 Å². The maximum absolute atomic E-state index is 5.03. The van der Waals surface area contributed by atoms with Crippen LogP contribution in [0.2, 0.25) is 0 Å². The van der Waals surface area contributed by atoms with Crippen LogP contribution < -0.4 is 16.9 Å². The summed E-state index contributed by atoms with van der Waals surface area (Å²) in [6.07, 6.45) is 1.05. The largest absolute Gasteiger partial charge is 0.252 e. The van der Waals surface area contributed by atoms with Crippen molar-refractivity contribution in [2.45, 2.75) is 20.3 Å². The van der Waals surface area contributed by atoms with E-state index in [2.05, 4.69) is 47.4 Å². The Morgan fingerprint density at radius 3 is 2.50 bits per heavy atom. The number of hydrogen-bond acceptors (Lipinski definition) is 4. The van der Waals surface area contributed by atoms with Crippen LogP contribution in [0.5, 0.6) is 0 Å². The molecule has 1 rings (SSSR count). The van der Waals surface area contributed by atoms with Crippen LogP contribution in [0.25, 0.3) is 0 Å². The fraction of sp³-hybridized carbons (Fsp3) is 0.300. The van der Waals surface area contributed by atoms with Gasteiger partial charge in [-0.25, -0.2) is 5.53 Å². The van der Waals surface area contributed by atoms with Gasteiger partial charge >= 0.3 is 0 Å². The molecule has 0 aliphatic heterocycles. The van der Waals surface area contributed by atoms with Crippen molar-refractivity contribution in [3.63, 3.8) is 0 Å². The zero-order valence-corrected chi connectivity index (χ0v) is 8.54. The van der Waals surface area contributed by atoms with Gasteiger partial charge in [0.15, 0.2) is 0 Å². The summed E-state index contributed by atoms with van der Waals surface area (Å²) in [7, 11) is 0. The highest BCUT2D eigenvalue weighted by molar-refractivity contribution is 5.98. The molecular formula is C10H16N4. The number of nitrogens with zero attached hydrogens (tertiary/aromatic N) is 1. The van der Waals surface area contributed by atoms with Gasteiger partial charge in [0.2, 0.25) is 0 Å². The summed E-state index contributed by atoms with van der Waals surface area (Å²) in [5, 5.41) is 4.00. The van der Waals surface area contributed by atoms with Crippen molar-refractivity contribution in [1.29, 1.82) is 0 Å². The second-order valence-corrected chi connectivity index (χ2v) is 3.00. The van der Waals surface area contributed by atoms with Gasteiger partial charge in [0.25, 0.3) is 0 Å². The van der Waals surface area contributed by atoms with Gasteiger partial charge in [-0.2, -0.15) is 10.6 Å². The van der Waals surface area contributed by atoms with Crippen molar-refractivity contribution >= 4 is 5.71 Å². The van der Waals surface area contributed by atoms with E-state index in [-0.39, 0.29) is 0 Å². The first-order chi connectivity index (χ1) is 6.77. The molecule has 4 nitrogen and oxygen atoms in total. The fourth-order valence-corrected chi connectivity index (χ4v) is 1.16. The summed E-state index contributed by atoms with van der Waals surface area (Å²) < 4.78 is 0. The van der Waals surface area contributed by atoms with Crippen LogP contribution in [0.4, 0.5) is 0 Å². The summed E-state index contributed by atoms with van der Waals surface area (Å²) in [6.45, 7) is 4.06. The Morgan fingerprint density at radius 1 is 1.36 bits per heavy atom. The third kappa shape index (κ3) is 2.83. The van der Waals surface area contributed by atoms with Crippen LogP contribution in [0, 0.1) is 0 Å². The van der Waals surface area contributed by atoms with Crippen LogP contribution in [0.15, 0.2) is 29.4 Å². The second kappa shape index (κ2) is 5.36. The Kier molecular flexibility index (Phi) is 4.10. The van der Waals surface area contributed by atoms with Gasteiger partial charge in [-0.05, 0) is 24.5 Å². The molecule has 0 unspecified atom stereocenters. The maximum Gasteiger partial charge on any atom is 0.0660 e. The lowest BCUT2D eigenvalue weighted by molar-refractivity contribution is 0.582. The van der Waals surface area contributed by atoms with E-state index in [4.69, 9.17) is 5.84 Å². The molecule has 0 atom stereocenters. The molecule has 0 aliphatic carbocycles. The molecule has 0 aliphatic rings. The Hall–Kier alpha value is -1.39. The van der Waals surface area contributed by atoms with Crippen LogP contribution in [0.3, 0.4) is 0 Å². The van der Waals surface area contributed by atoms with Gasteiger partial charge in [-0.3, -0.25) is 5.84 Å². The summed E-state index contributed by atoms with van der Waals surface area (Å²) >= 11 is 0. The molecule has 76 valence electrons. The smallest absolute Gasteiger partial charge is 0.0660 e. The van der Waals surface area contributed by atoms with E-state index < -0.39 is 0 Å². The lowest BCUT2D eigenvalue weighted by Gasteiger charge is -2.02. The van der Waals surface area contributed by atoms with Crippen molar-refractivity contribution in [2.75, 3.05) is 0 Å². The van der Waals surface area contributed by atoms with Gasteiger partial charge in [0.05, 0.1) is 5.71 Å². The van der Waals surface area contributed by atoms with E-state index in [1.807, 2.05) is 6.92 Å². The first-order valence-corrected chi connectivity index (χ1v) is 4.62. The zero-order chi connectivity index (χ0) is 10.4. The normalized spacial score (nSPS) is 11.5. The van der Waals surface area contributed by atoms with E-state index in [1.54, 1.807) is 0 Å². The van der Waals surface area contributed by atoms with E-state index in [0.717, 1.165) is 17.7 Å². The van der Waals surface area contributed by atoms with E-state index >= 15 is 0 Å². The number of nitrogens with two attached hydrogens (primary N) is 1. The number of hydrazone groups is 1. The van der Waals surface area contributed by atoms with Gasteiger partial charge in [-0.15, -0.1) is 0 Å². The number of rotatable bonds is 4. The van der Waals surface area contributed by atoms with Gasteiger partial charge in [-0.1, -0.05) is 31.2 Å². The number of aryl methyl sites for hydroxylation is 1. The predicted octanol–water partition coefficient (Wildman–Crippen LogP) is 0.941. The molecule has 0 amide bonds. The summed E-state index contributed by atoms with van der Waals surface area (Å²) in [6, 6.07) is 8.31. The number of hydrogen-bond donors (Lipinski definition) is 3.